The van der Waals surface area contributed by atoms with E-state index in [0.29, 0.717) is 0 Å². The third kappa shape index (κ3) is 1.92. The van der Waals surface area contributed by atoms with Gasteiger partial charge in [0.2, 0.25) is 0 Å². The minimum absolute atomic E-state index is 1.07. The molecule has 11 fully saturated rings. The van der Waals surface area contributed by atoms with Gasteiger partial charge < -0.3 is 0 Å². The minimum Gasteiger partial charge on any atom is -0.0636 e. The van der Waals surface area contributed by atoms with Crippen molar-refractivity contribution >= 4 is 0 Å². The quantitative estimate of drug-likeness (QED) is 0.300. The van der Waals surface area contributed by atoms with E-state index < -0.39 is 0 Å². The van der Waals surface area contributed by atoms with Crippen molar-refractivity contribution in [2.75, 3.05) is 0 Å². The molecule has 0 heterocycles. The highest BCUT2D eigenvalue weighted by Crippen LogP contribution is 2.81. The number of hydrogen-bond donors (Lipinski definition) is 0. The maximum Gasteiger partial charge on any atom is -0.0129 e. The summed E-state index contributed by atoms with van der Waals surface area (Å²) in [6.07, 6.45) is 21.8. The van der Waals surface area contributed by atoms with Crippen LogP contribution in [0.3, 0.4) is 0 Å². The van der Waals surface area contributed by atoms with Crippen LogP contribution in [-0.2, 0) is 0 Å². The summed E-state index contributed by atoms with van der Waals surface area (Å²) in [6.45, 7) is 0. The molecule has 11 saturated carbocycles. The Morgan fingerprint density at radius 1 is 0.324 bits per heavy atom. The molecule has 0 N–H and O–H groups in total. The fourth-order valence-electron chi connectivity index (χ4n) is 19.3. The Balaban J connectivity index is 1.08. The van der Waals surface area contributed by atoms with Crippen LogP contribution in [0.1, 0.15) is 83.5 Å². The van der Waals surface area contributed by atoms with Crippen LogP contribution in [0.2, 0.25) is 0 Å². The first-order valence-electron chi connectivity index (χ1n) is 18.1. The lowest BCUT2D eigenvalue weighted by Crippen LogP contribution is -2.48. The van der Waals surface area contributed by atoms with E-state index in [0.717, 1.165) is 35.5 Å². The Hall–Kier alpha value is -0.260. The first-order chi connectivity index (χ1) is 18.3. The van der Waals surface area contributed by atoms with Crippen molar-refractivity contribution in [1.82, 2.24) is 0 Å². The zero-order valence-electron chi connectivity index (χ0n) is 22.9. The average Bonchev–Trinajstić information content (AvgIpc) is 3.68. The van der Waals surface area contributed by atoms with E-state index in [-0.39, 0.29) is 0 Å². The Kier molecular flexibility index (Phi) is 3.21. The van der Waals surface area contributed by atoms with Crippen molar-refractivity contribution in [3.05, 3.63) is 11.1 Å². The van der Waals surface area contributed by atoms with E-state index in [1.54, 1.807) is 83.5 Å². The monoisotopic (exact) mass is 492 g/mol. The predicted octanol–water partition coefficient (Wildman–Crippen LogP) is 8.09. The standard InChI is InChI=1S/C37H48/c1-2-15-6-18-9-20-10-21-11-22-12-23-13-25-24-4-3-16-7-19-8-17-5-14(1)26-27(15)30(18)32(20)33(21)34(22)35(23)37(25)36(24)28(16)31(19)29(17)26/h14-27,29-35,37H,1-13H2/t14?,15?,16?,17?,18?,19?,20?,21?,22?,23?,24?,25-,26?,27?,29?,30?,31?,32?,33?,34?,35?,37?/m1/s1. The lowest BCUT2D eigenvalue weighted by atomic mass is 9.50. The van der Waals surface area contributed by atoms with Crippen LogP contribution in [0.15, 0.2) is 11.1 Å². The van der Waals surface area contributed by atoms with Gasteiger partial charge in [0, 0.05) is 0 Å². The molecule has 0 bridgehead atoms. The maximum absolute atomic E-state index is 2.28. The molecule has 37 heavy (non-hydrogen) atoms. The molecule has 22 atom stereocenters. The molecule has 0 heteroatoms. The second-order valence-electron chi connectivity index (χ2n) is 18.7. The molecule has 0 aromatic rings. The summed E-state index contributed by atoms with van der Waals surface area (Å²) >= 11 is 0. The number of fused-ring (bicyclic) bond motifs is 1. The molecule has 0 nitrogen and oxygen atoms in total. The van der Waals surface area contributed by atoms with Gasteiger partial charge in [0.1, 0.15) is 0 Å². The molecule has 0 spiro atoms. The molecule has 0 amide bonds. The Labute approximate surface area is 224 Å². The zero-order valence-corrected chi connectivity index (χ0v) is 22.9. The fraction of sp³-hybridized carbons (Fsp3) is 0.946. The van der Waals surface area contributed by atoms with Gasteiger partial charge in [-0.1, -0.05) is 11.1 Å². The van der Waals surface area contributed by atoms with Gasteiger partial charge in [-0.3, -0.25) is 0 Å². The highest BCUT2D eigenvalue weighted by atomic mass is 14.8. The maximum atomic E-state index is 2.28. The molecule has 13 aliphatic rings. The van der Waals surface area contributed by atoms with Crippen LogP contribution in [0.25, 0.3) is 0 Å². The largest absolute Gasteiger partial charge is 0.0636 e. The second-order valence-corrected chi connectivity index (χ2v) is 18.7. The van der Waals surface area contributed by atoms with Crippen molar-refractivity contribution < 1.29 is 0 Å². The molecule has 196 valence electrons. The second kappa shape index (κ2) is 6.01. The molecule has 21 unspecified atom stereocenters. The molecule has 0 aromatic carbocycles. The third-order valence-electron chi connectivity index (χ3n) is 18.8. The molecule has 0 aliphatic heterocycles. The molecular weight excluding hydrogens is 444 g/mol. The molecule has 0 radical (unpaired) electrons. The van der Waals surface area contributed by atoms with Crippen molar-refractivity contribution in [3.8, 4) is 0 Å². The normalized spacial score (nSPS) is 74.6. The Morgan fingerprint density at radius 3 is 1.51 bits per heavy atom. The van der Waals surface area contributed by atoms with Crippen molar-refractivity contribution in [2.45, 2.75) is 83.5 Å². The van der Waals surface area contributed by atoms with Gasteiger partial charge in [-0.2, -0.15) is 0 Å². The number of hydrogen-bond acceptors (Lipinski definition) is 0. The summed E-state index contributed by atoms with van der Waals surface area (Å²) in [7, 11) is 0. The van der Waals surface area contributed by atoms with E-state index in [2.05, 4.69) is 11.1 Å². The highest BCUT2D eigenvalue weighted by molar-refractivity contribution is 5.42. The Morgan fingerprint density at radius 2 is 0.811 bits per heavy atom. The van der Waals surface area contributed by atoms with Gasteiger partial charge >= 0.3 is 0 Å². The van der Waals surface area contributed by atoms with E-state index >= 15 is 0 Å². The van der Waals surface area contributed by atoms with Crippen LogP contribution in [0.4, 0.5) is 0 Å². The molecule has 0 aromatic heterocycles. The summed E-state index contributed by atoms with van der Waals surface area (Å²) in [6, 6.07) is 0. The van der Waals surface area contributed by atoms with Gasteiger partial charge in [-0.25, -0.2) is 0 Å². The van der Waals surface area contributed by atoms with Gasteiger partial charge in [0.25, 0.3) is 0 Å². The van der Waals surface area contributed by atoms with Gasteiger partial charge in [-0.05, 0) is 214 Å². The summed E-state index contributed by atoms with van der Waals surface area (Å²) in [5.74, 6) is 25.8. The molecule has 13 rings (SSSR count). The average molecular weight is 493 g/mol. The zero-order chi connectivity index (χ0) is 23.0. The van der Waals surface area contributed by atoms with Crippen molar-refractivity contribution in [3.63, 3.8) is 0 Å². The van der Waals surface area contributed by atoms with E-state index in [4.69, 9.17) is 0 Å². The van der Waals surface area contributed by atoms with Crippen LogP contribution < -0.4 is 0 Å². The first-order valence-corrected chi connectivity index (χ1v) is 18.1. The fourth-order valence-corrected chi connectivity index (χ4v) is 19.3. The molecular formula is C37H48. The predicted molar refractivity (Wildman–Crippen MR) is 144 cm³/mol. The summed E-state index contributed by atoms with van der Waals surface area (Å²) < 4.78 is 0. The number of allylic oxidation sites excluding steroid dienone is 2. The first kappa shape index (κ1) is 19.8. The van der Waals surface area contributed by atoms with Crippen molar-refractivity contribution in [1.29, 1.82) is 0 Å². The Bertz CT molecular complexity index is 1160. The van der Waals surface area contributed by atoms with Crippen molar-refractivity contribution in [2.24, 2.45) is 130 Å². The van der Waals surface area contributed by atoms with Gasteiger partial charge in [-0.15, -0.1) is 0 Å². The minimum atomic E-state index is 1.07. The highest BCUT2D eigenvalue weighted by Gasteiger charge is 2.74. The smallest absolute Gasteiger partial charge is 0.0129 e. The third-order valence-corrected chi connectivity index (χ3v) is 18.8. The van der Waals surface area contributed by atoms with E-state index in [1.807, 2.05) is 0 Å². The summed E-state index contributed by atoms with van der Waals surface area (Å²) in [5.41, 5.74) is 4.54. The summed E-state index contributed by atoms with van der Waals surface area (Å²) in [5, 5.41) is 0. The molecule has 0 saturated heterocycles. The summed E-state index contributed by atoms with van der Waals surface area (Å²) in [4.78, 5) is 0. The SMILES string of the molecule is C1CC2C3=C4C1CC1CC5CC6CCC7CC8CC9CC%10CC%11CC%12C[C@H]2C3C%12C%11C%10C9C8C7C6C5C41. The van der Waals surface area contributed by atoms with Crippen LogP contribution in [-0.4, -0.2) is 0 Å². The van der Waals surface area contributed by atoms with Gasteiger partial charge in [0.05, 0.1) is 0 Å². The van der Waals surface area contributed by atoms with Crippen LogP contribution in [0, 0.1) is 130 Å². The van der Waals surface area contributed by atoms with E-state index in [9.17, 15) is 0 Å². The van der Waals surface area contributed by atoms with Gasteiger partial charge in [0.15, 0.2) is 0 Å². The lowest BCUT2D eigenvalue weighted by molar-refractivity contribution is 0.00777. The van der Waals surface area contributed by atoms with E-state index in [1.165, 1.54) is 94.7 Å². The number of rotatable bonds is 0. The lowest BCUT2D eigenvalue weighted by Gasteiger charge is -2.55. The van der Waals surface area contributed by atoms with Crippen LogP contribution in [0.5, 0.6) is 0 Å². The topological polar surface area (TPSA) is 0 Å². The van der Waals surface area contributed by atoms with Crippen LogP contribution >= 0.6 is 0 Å². The molecule has 13 aliphatic carbocycles.